The van der Waals surface area contributed by atoms with Gasteiger partial charge in [-0.15, -0.1) is 0 Å². The minimum Gasteiger partial charge on any atom is -0.311 e. The molecule has 2 heteroatoms. The summed E-state index contributed by atoms with van der Waals surface area (Å²) in [6.45, 7) is 10.9. The van der Waals surface area contributed by atoms with E-state index in [0.717, 1.165) is 23.9 Å². The van der Waals surface area contributed by atoms with Crippen LogP contribution < -0.4 is 5.32 Å². The molecule has 0 amide bonds. The van der Waals surface area contributed by atoms with Gasteiger partial charge in [0.05, 0.1) is 0 Å². The number of hydrogen-bond acceptors (Lipinski definition) is 2. The van der Waals surface area contributed by atoms with Gasteiger partial charge in [0.2, 0.25) is 0 Å². The lowest BCUT2D eigenvalue weighted by atomic mass is 9.82. The van der Waals surface area contributed by atoms with Crippen molar-refractivity contribution in [2.24, 2.45) is 11.8 Å². The summed E-state index contributed by atoms with van der Waals surface area (Å²) < 4.78 is 0. The average molecular weight is 280 g/mol. The van der Waals surface area contributed by atoms with Gasteiger partial charge in [0.1, 0.15) is 0 Å². The number of piperazine rings is 1. The molecule has 2 fully saturated rings. The van der Waals surface area contributed by atoms with E-state index >= 15 is 0 Å². The lowest BCUT2D eigenvalue weighted by Gasteiger charge is -2.45. The first kappa shape index (κ1) is 16.3. The average Bonchev–Trinajstić information content (AvgIpc) is 2.47. The molecular weight excluding hydrogens is 244 g/mol. The molecule has 0 aromatic heterocycles. The van der Waals surface area contributed by atoms with Crippen molar-refractivity contribution in [1.29, 1.82) is 0 Å². The fraction of sp³-hybridized carbons (Fsp3) is 1.00. The van der Waals surface area contributed by atoms with E-state index in [1.54, 1.807) is 0 Å². The van der Waals surface area contributed by atoms with Gasteiger partial charge in [-0.2, -0.15) is 0 Å². The van der Waals surface area contributed by atoms with E-state index in [9.17, 15) is 0 Å². The molecule has 118 valence electrons. The summed E-state index contributed by atoms with van der Waals surface area (Å²) in [6, 6.07) is 1.55. The van der Waals surface area contributed by atoms with E-state index in [-0.39, 0.29) is 0 Å². The number of nitrogens with one attached hydrogen (secondary N) is 1. The van der Waals surface area contributed by atoms with Gasteiger partial charge in [-0.05, 0) is 50.5 Å². The number of rotatable bonds is 6. The first-order valence-corrected chi connectivity index (χ1v) is 9.18. The van der Waals surface area contributed by atoms with E-state index < -0.39 is 0 Å². The van der Waals surface area contributed by atoms with Gasteiger partial charge < -0.3 is 5.32 Å². The minimum absolute atomic E-state index is 0.730. The predicted octanol–water partition coefficient (Wildman–Crippen LogP) is 4.06. The summed E-state index contributed by atoms with van der Waals surface area (Å²) in [7, 11) is 0. The van der Waals surface area contributed by atoms with E-state index in [2.05, 4.69) is 31.0 Å². The van der Waals surface area contributed by atoms with E-state index in [0.29, 0.717) is 0 Å². The highest BCUT2D eigenvalue weighted by atomic mass is 15.2. The monoisotopic (exact) mass is 280 g/mol. The molecule has 1 N–H and O–H groups in total. The molecular formula is C18H36N2. The van der Waals surface area contributed by atoms with Crippen molar-refractivity contribution in [2.45, 2.75) is 84.2 Å². The van der Waals surface area contributed by atoms with Gasteiger partial charge in [0.25, 0.3) is 0 Å². The highest BCUT2D eigenvalue weighted by Crippen LogP contribution is 2.30. The van der Waals surface area contributed by atoms with Gasteiger partial charge in [-0.3, -0.25) is 4.90 Å². The van der Waals surface area contributed by atoms with Crippen molar-refractivity contribution < 1.29 is 0 Å². The maximum atomic E-state index is 3.80. The number of hydrogen-bond donors (Lipinski definition) is 1. The van der Waals surface area contributed by atoms with Crippen LogP contribution in [0.3, 0.4) is 0 Å². The van der Waals surface area contributed by atoms with E-state index in [1.807, 2.05) is 0 Å². The zero-order valence-electron chi connectivity index (χ0n) is 14.0. The van der Waals surface area contributed by atoms with Gasteiger partial charge in [0.15, 0.2) is 0 Å². The standard InChI is InChI=1S/C18H36N2/c1-4-17-14-20(12-8-9-15(2)3)18(13-19-17)16-10-6-5-7-11-16/h15-19H,4-14H2,1-3H3. The van der Waals surface area contributed by atoms with Crippen LogP contribution in [-0.4, -0.2) is 36.6 Å². The third-order valence-electron chi connectivity index (χ3n) is 5.45. The zero-order chi connectivity index (χ0) is 14.4. The molecule has 1 heterocycles. The molecule has 0 radical (unpaired) electrons. The van der Waals surface area contributed by atoms with Crippen LogP contribution in [-0.2, 0) is 0 Å². The molecule has 0 bridgehead atoms. The fourth-order valence-corrected chi connectivity index (χ4v) is 4.12. The Morgan fingerprint density at radius 3 is 2.55 bits per heavy atom. The summed E-state index contributed by atoms with van der Waals surface area (Å²) in [5, 5.41) is 3.80. The first-order valence-electron chi connectivity index (χ1n) is 9.18. The summed E-state index contributed by atoms with van der Waals surface area (Å²) in [5.41, 5.74) is 0. The van der Waals surface area contributed by atoms with Crippen LogP contribution in [0.25, 0.3) is 0 Å². The van der Waals surface area contributed by atoms with E-state index in [4.69, 9.17) is 0 Å². The molecule has 2 aliphatic rings. The molecule has 2 nitrogen and oxygen atoms in total. The maximum absolute atomic E-state index is 3.80. The minimum atomic E-state index is 0.730. The second-order valence-electron chi connectivity index (χ2n) is 7.51. The second kappa shape index (κ2) is 8.38. The van der Waals surface area contributed by atoms with Gasteiger partial charge >= 0.3 is 0 Å². The lowest BCUT2D eigenvalue weighted by Crippen LogP contribution is -2.59. The Balaban J connectivity index is 1.88. The molecule has 1 saturated carbocycles. The third kappa shape index (κ3) is 4.73. The summed E-state index contributed by atoms with van der Waals surface area (Å²) in [6.07, 6.45) is 11.4. The largest absolute Gasteiger partial charge is 0.311 e. The van der Waals surface area contributed by atoms with Crippen molar-refractivity contribution in [1.82, 2.24) is 10.2 Å². The SMILES string of the molecule is CCC1CN(CCCC(C)C)C(C2CCCCC2)CN1. The maximum Gasteiger partial charge on any atom is 0.0249 e. The Morgan fingerprint density at radius 2 is 1.90 bits per heavy atom. The lowest BCUT2D eigenvalue weighted by molar-refractivity contribution is 0.0687. The smallest absolute Gasteiger partial charge is 0.0249 e. The van der Waals surface area contributed by atoms with Crippen LogP contribution in [0.5, 0.6) is 0 Å². The van der Waals surface area contributed by atoms with Crippen LogP contribution in [0.2, 0.25) is 0 Å². The quantitative estimate of drug-likeness (QED) is 0.789. The van der Waals surface area contributed by atoms with Crippen LogP contribution in [0.4, 0.5) is 0 Å². The van der Waals surface area contributed by atoms with Crippen molar-refractivity contribution in [3.05, 3.63) is 0 Å². The Morgan fingerprint density at radius 1 is 1.15 bits per heavy atom. The molecule has 20 heavy (non-hydrogen) atoms. The third-order valence-corrected chi connectivity index (χ3v) is 5.45. The Kier molecular flexibility index (Phi) is 6.83. The number of nitrogens with zero attached hydrogens (tertiary/aromatic N) is 1. The highest BCUT2D eigenvalue weighted by molar-refractivity contribution is 4.90. The molecule has 2 unspecified atom stereocenters. The second-order valence-corrected chi connectivity index (χ2v) is 7.51. The Bertz CT molecular complexity index is 258. The van der Waals surface area contributed by atoms with Crippen LogP contribution in [0, 0.1) is 11.8 Å². The van der Waals surface area contributed by atoms with Crippen molar-refractivity contribution in [3.63, 3.8) is 0 Å². The molecule has 0 aromatic carbocycles. The van der Waals surface area contributed by atoms with Crippen molar-refractivity contribution in [3.8, 4) is 0 Å². The molecule has 0 spiro atoms. The molecule has 1 aliphatic heterocycles. The Hall–Kier alpha value is -0.0800. The zero-order valence-corrected chi connectivity index (χ0v) is 14.0. The first-order chi connectivity index (χ1) is 9.70. The van der Waals surface area contributed by atoms with Crippen molar-refractivity contribution in [2.75, 3.05) is 19.6 Å². The van der Waals surface area contributed by atoms with Crippen LogP contribution >= 0.6 is 0 Å². The Labute approximate surface area is 126 Å². The summed E-state index contributed by atoms with van der Waals surface area (Å²) >= 11 is 0. The van der Waals surface area contributed by atoms with Crippen LogP contribution in [0.1, 0.15) is 72.1 Å². The van der Waals surface area contributed by atoms with Gasteiger partial charge in [-0.25, -0.2) is 0 Å². The molecule has 1 aliphatic carbocycles. The molecule has 2 rings (SSSR count). The van der Waals surface area contributed by atoms with Crippen molar-refractivity contribution >= 4 is 0 Å². The van der Waals surface area contributed by atoms with Gasteiger partial charge in [0, 0.05) is 25.2 Å². The predicted molar refractivity (Wildman–Crippen MR) is 88.1 cm³/mol. The topological polar surface area (TPSA) is 15.3 Å². The normalized spacial score (nSPS) is 30.0. The fourth-order valence-electron chi connectivity index (χ4n) is 4.12. The summed E-state index contributed by atoms with van der Waals surface area (Å²) in [4.78, 5) is 2.85. The van der Waals surface area contributed by atoms with Crippen LogP contribution in [0.15, 0.2) is 0 Å². The molecule has 0 aromatic rings. The van der Waals surface area contributed by atoms with E-state index in [1.165, 1.54) is 71.0 Å². The molecule has 1 saturated heterocycles. The summed E-state index contributed by atoms with van der Waals surface area (Å²) in [5.74, 6) is 1.82. The highest BCUT2D eigenvalue weighted by Gasteiger charge is 2.32. The molecule has 2 atom stereocenters. The van der Waals surface area contributed by atoms with Gasteiger partial charge in [-0.1, -0.05) is 40.0 Å².